The van der Waals surface area contributed by atoms with Crippen molar-refractivity contribution in [1.82, 2.24) is 19.9 Å². The van der Waals surface area contributed by atoms with E-state index >= 15 is 4.39 Å². The first-order valence-corrected chi connectivity index (χ1v) is 12.3. The van der Waals surface area contributed by atoms with Crippen LogP contribution in [-0.4, -0.2) is 29.9 Å². The van der Waals surface area contributed by atoms with Crippen molar-refractivity contribution in [3.05, 3.63) is 66.5 Å². The molecule has 10 nitrogen and oxygen atoms in total. The summed E-state index contributed by atoms with van der Waals surface area (Å²) >= 11 is 1.41. The number of ether oxygens (including phenoxy) is 1. The fourth-order valence-electron chi connectivity index (χ4n) is 4.91. The van der Waals surface area contributed by atoms with Crippen molar-refractivity contribution in [3.63, 3.8) is 0 Å². The lowest BCUT2D eigenvalue weighted by Crippen LogP contribution is -2.36. The van der Waals surface area contributed by atoms with E-state index in [1.165, 1.54) is 24.3 Å². The standard InChI is InChI=1S/C25H21FN8O2S/c1-24(19-9-25(19,4-5-27)37-23(28)34-24)17-7-14(10-30-21(17)26)33-22-20-18(31-13-32-22)8-16(11-29-20)36-12-15-3-2-6-35-15/h2-3,6-8,10-11,13,19H,4,9,12H2,1H3,(H2,28,34)(H,31,32,33)/t19-,24+,25-/m0/s1. The smallest absolute Gasteiger partial charge is 0.218 e. The number of hydrogen-bond acceptors (Lipinski definition) is 11. The number of nitrogens with one attached hydrogen (secondary N) is 1. The summed E-state index contributed by atoms with van der Waals surface area (Å²) in [6, 6.07) is 9.27. The van der Waals surface area contributed by atoms with Gasteiger partial charge >= 0.3 is 0 Å². The number of hydrogen-bond donors (Lipinski definition) is 2. The van der Waals surface area contributed by atoms with Crippen molar-refractivity contribution < 1.29 is 13.5 Å². The van der Waals surface area contributed by atoms with Gasteiger partial charge in [0.1, 0.15) is 30.0 Å². The van der Waals surface area contributed by atoms with Gasteiger partial charge in [0.25, 0.3) is 0 Å². The van der Waals surface area contributed by atoms with Gasteiger partial charge in [0.05, 0.1) is 47.9 Å². The number of aromatic nitrogens is 4. The molecular formula is C25H21FN8O2S. The molecule has 2 aliphatic rings. The van der Waals surface area contributed by atoms with Crippen LogP contribution < -0.4 is 15.8 Å². The average molecular weight is 517 g/mol. The molecule has 0 saturated heterocycles. The first kappa shape index (κ1) is 23.2. The molecule has 4 aromatic rings. The van der Waals surface area contributed by atoms with Crippen LogP contribution in [0, 0.1) is 23.2 Å². The molecule has 3 N–H and O–H groups in total. The molecule has 3 atom stereocenters. The van der Waals surface area contributed by atoms with E-state index in [4.69, 9.17) is 14.9 Å². The number of pyridine rings is 2. The monoisotopic (exact) mass is 516 g/mol. The Hall–Kier alpha value is -4.24. The van der Waals surface area contributed by atoms with Gasteiger partial charge in [-0.25, -0.2) is 19.9 Å². The van der Waals surface area contributed by atoms with Crippen LogP contribution in [0.5, 0.6) is 5.75 Å². The number of fused-ring (bicyclic) bond motifs is 2. The summed E-state index contributed by atoms with van der Waals surface area (Å²) in [7, 11) is 0. The second kappa shape index (κ2) is 8.70. The van der Waals surface area contributed by atoms with Gasteiger partial charge in [0.2, 0.25) is 5.95 Å². The zero-order valence-corrected chi connectivity index (χ0v) is 20.5. The summed E-state index contributed by atoms with van der Waals surface area (Å²) in [4.78, 5) is 21.7. The summed E-state index contributed by atoms with van der Waals surface area (Å²) in [5.41, 5.74) is 7.08. The van der Waals surface area contributed by atoms with Crippen molar-refractivity contribution in [1.29, 1.82) is 5.26 Å². The third kappa shape index (κ3) is 4.11. The van der Waals surface area contributed by atoms with Crippen LogP contribution in [0.3, 0.4) is 0 Å². The SMILES string of the molecule is C[C@]1(c2cc(Nc3ncnc4cc(OCc5ccco5)cnc34)cnc2F)N=C(N)S[C@@]2(CC#N)C[C@H]21. The molecule has 0 aromatic carbocycles. The minimum atomic E-state index is -0.937. The van der Waals surface area contributed by atoms with Crippen LogP contribution in [0.4, 0.5) is 15.9 Å². The summed E-state index contributed by atoms with van der Waals surface area (Å²) < 4.78 is 25.7. The van der Waals surface area contributed by atoms with Gasteiger partial charge in [-0.3, -0.25) is 4.99 Å². The molecule has 0 amide bonds. The van der Waals surface area contributed by atoms with Crippen LogP contribution in [0.25, 0.3) is 11.0 Å². The number of thioether (sulfide) groups is 1. The molecule has 0 radical (unpaired) electrons. The van der Waals surface area contributed by atoms with Crippen LogP contribution >= 0.6 is 11.8 Å². The lowest BCUT2D eigenvalue weighted by molar-refractivity contribution is 0.270. The molecule has 186 valence electrons. The van der Waals surface area contributed by atoms with Gasteiger partial charge in [-0.2, -0.15) is 9.65 Å². The zero-order chi connectivity index (χ0) is 25.6. The van der Waals surface area contributed by atoms with E-state index in [9.17, 15) is 5.26 Å². The number of anilines is 2. The molecule has 1 aliphatic carbocycles. The summed E-state index contributed by atoms with van der Waals surface area (Å²) in [6.45, 7) is 2.11. The van der Waals surface area contributed by atoms with E-state index in [-0.39, 0.29) is 17.3 Å². The predicted octanol–water partition coefficient (Wildman–Crippen LogP) is 4.42. The van der Waals surface area contributed by atoms with Crippen LogP contribution in [0.1, 0.15) is 31.1 Å². The second-order valence-electron chi connectivity index (χ2n) is 9.17. The van der Waals surface area contributed by atoms with Gasteiger partial charge in [0.15, 0.2) is 11.0 Å². The molecule has 1 fully saturated rings. The molecule has 1 aliphatic heterocycles. The Kier molecular flexibility index (Phi) is 5.45. The van der Waals surface area contributed by atoms with E-state index < -0.39 is 11.5 Å². The molecule has 0 spiro atoms. The number of nitrogens with two attached hydrogens (primary N) is 1. The van der Waals surface area contributed by atoms with E-state index in [1.807, 2.05) is 13.0 Å². The normalized spacial score (nSPS) is 24.1. The first-order valence-electron chi connectivity index (χ1n) is 11.5. The number of amidine groups is 1. The van der Waals surface area contributed by atoms with Gasteiger partial charge in [-0.1, -0.05) is 11.8 Å². The Morgan fingerprint density at radius 1 is 1.30 bits per heavy atom. The van der Waals surface area contributed by atoms with Crippen molar-refractivity contribution in [2.24, 2.45) is 16.6 Å². The van der Waals surface area contributed by atoms with Crippen molar-refractivity contribution in [3.8, 4) is 11.8 Å². The molecule has 0 unspecified atom stereocenters. The molecule has 1 saturated carbocycles. The number of halogens is 1. The molecule has 37 heavy (non-hydrogen) atoms. The third-order valence-corrected chi connectivity index (χ3v) is 8.09. The van der Waals surface area contributed by atoms with Crippen molar-refractivity contribution in [2.75, 3.05) is 5.32 Å². The topological polar surface area (TPSA) is 148 Å². The van der Waals surface area contributed by atoms with E-state index in [1.54, 1.807) is 30.7 Å². The molecule has 4 aromatic heterocycles. The van der Waals surface area contributed by atoms with Crippen LogP contribution in [0.2, 0.25) is 0 Å². The number of nitrogens with zero attached hydrogens (tertiary/aromatic N) is 6. The maximum absolute atomic E-state index is 15.1. The summed E-state index contributed by atoms with van der Waals surface area (Å²) in [6.07, 6.45) is 7.01. The van der Waals surface area contributed by atoms with Gasteiger partial charge in [-0.15, -0.1) is 0 Å². The fourth-order valence-corrected chi connectivity index (χ4v) is 6.32. The predicted molar refractivity (Wildman–Crippen MR) is 135 cm³/mol. The maximum Gasteiger partial charge on any atom is 0.218 e. The summed E-state index contributed by atoms with van der Waals surface area (Å²) in [5.74, 6) is 1.00. The molecular weight excluding hydrogens is 495 g/mol. The fraction of sp³-hybridized carbons (Fsp3) is 0.280. The highest BCUT2D eigenvalue weighted by Crippen LogP contribution is 2.67. The molecule has 0 bridgehead atoms. The highest BCUT2D eigenvalue weighted by Gasteiger charge is 2.66. The Labute approximate surface area is 215 Å². The highest BCUT2D eigenvalue weighted by atomic mass is 32.2. The Bertz CT molecular complexity index is 1570. The van der Waals surface area contributed by atoms with Gasteiger partial charge in [0, 0.05) is 22.3 Å². The van der Waals surface area contributed by atoms with Crippen LogP contribution in [-0.2, 0) is 12.1 Å². The minimum absolute atomic E-state index is 0.0235. The zero-order valence-electron chi connectivity index (χ0n) is 19.7. The first-order chi connectivity index (χ1) is 17.9. The van der Waals surface area contributed by atoms with Crippen molar-refractivity contribution in [2.45, 2.75) is 36.7 Å². The molecule has 5 heterocycles. The summed E-state index contributed by atoms with van der Waals surface area (Å²) in [5, 5.41) is 12.8. The molecule has 12 heteroatoms. The number of nitriles is 1. The van der Waals surface area contributed by atoms with E-state index in [2.05, 4.69) is 36.3 Å². The van der Waals surface area contributed by atoms with Gasteiger partial charge in [-0.05, 0) is 31.5 Å². The maximum atomic E-state index is 15.1. The minimum Gasteiger partial charge on any atom is -0.484 e. The third-order valence-electron chi connectivity index (χ3n) is 6.79. The van der Waals surface area contributed by atoms with E-state index in [0.29, 0.717) is 51.2 Å². The molecule has 6 rings (SSSR count). The average Bonchev–Trinajstić information content (AvgIpc) is 3.36. The second-order valence-corrected chi connectivity index (χ2v) is 10.6. The van der Waals surface area contributed by atoms with E-state index in [0.717, 1.165) is 6.42 Å². The number of furan rings is 1. The lowest BCUT2D eigenvalue weighted by Gasteiger charge is -2.33. The number of rotatable bonds is 7. The Balaban J connectivity index is 1.29. The largest absolute Gasteiger partial charge is 0.484 e. The quantitative estimate of drug-likeness (QED) is 0.338. The van der Waals surface area contributed by atoms with Crippen LogP contribution in [0.15, 0.2) is 58.7 Å². The Morgan fingerprint density at radius 3 is 3.00 bits per heavy atom. The highest BCUT2D eigenvalue weighted by molar-refractivity contribution is 8.15. The Morgan fingerprint density at radius 2 is 2.19 bits per heavy atom. The van der Waals surface area contributed by atoms with Gasteiger partial charge < -0.3 is 20.2 Å². The lowest BCUT2D eigenvalue weighted by atomic mass is 9.86. The number of aliphatic imine (C=N–C) groups is 1. The van der Waals surface area contributed by atoms with Crippen molar-refractivity contribution >= 4 is 39.5 Å².